The second-order valence-electron chi connectivity index (χ2n) is 5.12. The lowest BCUT2D eigenvalue weighted by Gasteiger charge is -2.23. The van der Waals surface area contributed by atoms with Crippen LogP contribution in [0.5, 0.6) is 0 Å². The summed E-state index contributed by atoms with van der Waals surface area (Å²) in [5, 5.41) is 2.80. The first-order chi connectivity index (χ1) is 8.81. The van der Waals surface area contributed by atoms with Crippen molar-refractivity contribution >= 4 is 17.5 Å². The molecule has 0 spiro atoms. The van der Waals surface area contributed by atoms with Crippen LogP contribution in [0.3, 0.4) is 0 Å². The fraction of sp³-hybridized carbons (Fsp3) is 0.467. The summed E-state index contributed by atoms with van der Waals surface area (Å²) >= 11 is 0. The molecule has 0 heterocycles. The highest BCUT2D eigenvalue weighted by Gasteiger charge is 2.17. The summed E-state index contributed by atoms with van der Waals surface area (Å²) in [6.45, 7) is 9.26. The predicted octanol–water partition coefficient (Wildman–Crippen LogP) is 2.18. The lowest BCUT2D eigenvalue weighted by Crippen LogP contribution is -2.42. The summed E-state index contributed by atoms with van der Waals surface area (Å²) < 4.78 is 0. The Kier molecular flexibility index (Phi) is 5.10. The number of benzene rings is 1. The molecule has 0 aliphatic heterocycles. The highest BCUT2D eigenvalue weighted by molar-refractivity contribution is 5.98. The summed E-state index contributed by atoms with van der Waals surface area (Å²) in [6, 6.07) is 5.90. The van der Waals surface area contributed by atoms with E-state index in [9.17, 15) is 9.59 Å². The summed E-state index contributed by atoms with van der Waals surface area (Å²) in [6.07, 6.45) is 0. The average molecular weight is 262 g/mol. The zero-order chi connectivity index (χ0) is 14.6. The summed E-state index contributed by atoms with van der Waals surface area (Å²) in [7, 11) is 0. The van der Waals surface area contributed by atoms with Gasteiger partial charge in [0.1, 0.15) is 6.54 Å². The minimum Gasteiger partial charge on any atom is -0.352 e. The summed E-state index contributed by atoms with van der Waals surface area (Å²) in [5.74, 6) is -0.281. The van der Waals surface area contributed by atoms with Crippen molar-refractivity contribution in [2.75, 3.05) is 11.4 Å². The Morgan fingerprint density at radius 1 is 1.26 bits per heavy atom. The van der Waals surface area contributed by atoms with E-state index in [2.05, 4.69) is 5.32 Å². The minimum absolute atomic E-state index is 0.0530. The third-order valence-corrected chi connectivity index (χ3v) is 2.77. The zero-order valence-corrected chi connectivity index (χ0v) is 12.3. The Labute approximate surface area is 114 Å². The number of anilines is 1. The van der Waals surface area contributed by atoms with Crippen LogP contribution < -0.4 is 10.2 Å². The first-order valence-corrected chi connectivity index (χ1v) is 6.46. The van der Waals surface area contributed by atoms with Crippen LogP contribution in [0.2, 0.25) is 0 Å². The number of nitrogens with zero attached hydrogens (tertiary/aromatic N) is 1. The van der Waals surface area contributed by atoms with E-state index in [0.29, 0.717) is 0 Å². The monoisotopic (exact) mass is 262 g/mol. The number of aryl methyl sites for hydroxylation is 2. The van der Waals surface area contributed by atoms with E-state index < -0.39 is 0 Å². The summed E-state index contributed by atoms with van der Waals surface area (Å²) in [4.78, 5) is 25.1. The van der Waals surface area contributed by atoms with Gasteiger partial charge in [-0.05, 0) is 39.3 Å². The first-order valence-electron chi connectivity index (χ1n) is 6.46. The molecule has 0 aliphatic carbocycles. The third-order valence-electron chi connectivity index (χ3n) is 2.77. The van der Waals surface area contributed by atoms with Crippen LogP contribution in [-0.2, 0) is 9.59 Å². The van der Waals surface area contributed by atoms with Crippen LogP contribution in [0.15, 0.2) is 18.2 Å². The molecule has 1 rings (SSSR count). The van der Waals surface area contributed by atoms with E-state index >= 15 is 0 Å². The fourth-order valence-corrected chi connectivity index (χ4v) is 1.99. The normalized spacial score (nSPS) is 10.4. The number of hydrogen-bond acceptors (Lipinski definition) is 2. The molecule has 4 heteroatoms. The lowest BCUT2D eigenvalue weighted by atomic mass is 10.1. The van der Waals surface area contributed by atoms with Crippen LogP contribution in [0.1, 0.15) is 31.9 Å². The van der Waals surface area contributed by atoms with Gasteiger partial charge in [0, 0.05) is 18.7 Å². The summed E-state index contributed by atoms with van der Waals surface area (Å²) in [5.41, 5.74) is 2.92. The van der Waals surface area contributed by atoms with Crippen molar-refractivity contribution in [3.63, 3.8) is 0 Å². The zero-order valence-electron chi connectivity index (χ0n) is 12.3. The molecule has 19 heavy (non-hydrogen) atoms. The van der Waals surface area contributed by atoms with Crippen molar-refractivity contribution in [1.82, 2.24) is 5.32 Å². The largest absolute Gasteiger partial charge is 0.352 e. The second-order valence-corrected chi connectivity index (χ2v) is 5.12. The Morgan fingerprint density at radius 3 is 2.37 bits per heavy atom. The number of carbonyl (C=O) groups is 2. The molecule has 0 radical (unpaired) electrons. The Bertz CT molecular complexity index is 481. The number of hydrogen-bond donors (Lipinski definition) is 1. The maximum Gasteiger partial charge on any atom is 0.240 e. The van der Waals surface area contributed by atoms with E-state index in [1.807, 2.05) is 45.9 Å². The Hall–Kier alpha value is -1.84. The molecule has 0 saturated carbocycles. The van der Waals surface area contributed by atoms with Gasteiger partial charge in [-0.1, -0.05) is 17.7 Å². The maximum absolute atomic E-state index is 11.8. The molecular formula is C15H22N2O2. The SMILES string of the molecule is CC(=O)N(CC(=O)NC(C)C)c1ccc(C)cc1C. The average Bonchev–Trinajstić information content (AvgIpc) is 2.25. The van der Waals surface area contributed by atoms with Crippen LogP contribution in [0.25, 0.3) is 0 Å². The van der Waals surface area contributed by atoms with Gasteiger partial charge in [0.05, 0.1) is 0 Å². The second kappa shape index (κ2) is 6.36. The van der Waals surface area contributed by atoms with Crippen molar-refractivity contribution in [3.05, 3.63) is 29.3 Å². The molecule has 0 aromatic heterocycles. The molecule has 1 N–H and O–H groups in total. The Morgan fingerprint density at radius 2 is 1.89 bits per heavy atom. The van der Waals surface area contributed by atoms with Gasteiger partial charge >= 0.3 is 0 Å². The number of amides is 2. The topological polar surface area (TPSA) is 49.4 Å². The van der Waals surface area contributed by atoms with Gasteiger partial charge in [0.15, 0.2) is 0 Å². The van der Waals surface area contributed by atoms with Gasteiger partial charge in [-0.3, -0.25) is 9.59 Å². The molecule has 0 atom stereocenters. The molecule has 0 unspecified atom stereocenters. The van der Waals surface area contributed by atoms with E-state index in [4.69, 9.17) is 0 Å². The Balaban J connectivity index is 2.95. The van der Waals surface area contributed by atoms with Crippen molar-refractivity contribution in [2.24, 2.45) is 0 Å². The molecule has 4 nitrogen and oxygen atoms in total. The van der Waals surface area contributed by atoms with E-state index in [1.165, 1.54) is 11.8 Å². The molecule has 0 bridgehead atoms. The first kappa shape index (κ1) is 15.2. The van der Waals surface area contributed by atoms with E-state index in [0.717, 1.165) is 16.8 Å². The van der Waals surface area contributed by atoms with Crippen molar-refractivity contribution in [1.29, 1.82) is 0 Å². The molecule has 0 aliphatic rings. The third kappa shape index (κ3) is 4.39. The number of rotatable bonds is 4. The quantitative estimate of drug-likeness (QED) is 0.904. The maximum atomic E-state index is 11.8. The van der Waals surface area contributed by atoms with Crippen LogP contribution in [-0.4, -0.2) is 24.4 Å². The number of carbonyl (C=O) groups excluding carboxylic acids is 2. The fourth-order valence-electron chi connectivity index (χ4n) is 1.99. The van der Waals surface area contributed by atoms with Crippen LogP contribution >= 0.6 is 0 Å². The van der Waals surface area contributed by atoms with Crippen LogP contribution in [0, 0.1) is 13.8 Å². The molecular weight excluding hydrogens is 240 g/mol. The highest BCUT2D eigenvalue weighted by Crippen LogP contribution is 2.21. The molecule has 104 valence electrons. The van der Waals surface area contributed by atoms with Gasteiger partial charge in [-0.15, -0.1) is 0 Å². The van der Waals surface area contributed by atoms with Crippen molar-refractivity contribution in [3.8, 4) is 0 Å². The van der Waals surface area contributed by atoms with E-state index in [1.54, 1.807) is 0 Å². The van der Waals surface area contributed by atoms with Gasteiger partial charge < -0.3 is 10.2 Å². The van der Waals surface area contributed by atoms with Gasteiger partial charge in [0.2, 0.25) is 11.8 Å². The van der Waals surface area contributed by atoms with Gasteiger partial charge in [-0.25, -0.2) is 0 Å². The molecule has 1 aromatic rings. The smallest absolute Gasteiger partial charge is 0.240 e. The van der Waals surface area contributed by atoms with Gasteiger partial charge in [0.25, 0.3) is 0 Å². The van der Waals surface area contributed by atoms with Crippen LogP contribution in [0.4, 0.5) is 5.69 Å². The minimum atomic E-state index is -0.148. The number of nitrogens with one attached hydrogen (secondary N) is 1. The lowest BCUT2D eigenvalue weighted by molar-refractivity contribution is -0.123. The van der Waals surface area contributed by atoms with Crippen molar-refractivity contribution < 1.29 is 9.59 Å². The van der Waals surface area contributed by atoms with Crippen molar-refractivity contribution in [2.45, 2.75) is 40.7 Å². The highest BCUT2D eigenvalue weighted by atomic mass is 16.2. The van der Waals surface area contributed by atoms with Gasteiger partial charge in [-0.2, -0.15) is 0 Å². The molecule has 1 aromatic carbocycles. The van der Waals surface area contributed by atoms with E-state index in [-0.39, 0.29) is 24.4 Å². The molecule has 0 saturated heterocycles. The molecule has 0 fully saturated rings. The predicted molar refractivity (Wildman–Crippen MR) is 77.2 cm³/mol. The standard InChI is InChI=1S/C15H22N2O2/c1-10(2)16-15(19)9-17(13(5)18)14-7-6-11(3)8-12(14)4/h6-8,10H,9H2,1-5H3,(H,16,19). The molecule has 2 amide bonds.